The first-order valence-electron chi connectivity index (χ1n) is 3.22. The van der Waals surface area contributed by atoms with Gasteiger partial charge in [0.15, 0.2) is 0 Å². The second kappa shape index (κ2) is 7.80. The van der Waals surface area contributed by atoms with E-state index in [9.17, 15) is 9.59 Å². The largest absolute Gasteiger partial charge is 0.518 e. The van der Waals surface area contributed by atoms with Gasteiger partial charge in [0.25, 0.3) is 0 Å². The molecule has 0 atom stereocenters. The summed E-state index contributed by atoms with van der Waals surface area (Å²) in [6, 6.07) is 0. The van der Waals surface area contributed by atoms with Crippen molar-refractivity contribution < 1.29 is 29.3 Å². The summed E-state index contributed by atoms with van der Waals surface area (Å²) in [7, 11) is 0. The van der Waals surface area contributed by atoms with Crippen LogP contribution in [-0.2, 0) is 14.2 Å². The molecule has 72 valence electrons. The first-order valence-corrected chi connectivity index (χ1v) is 3.22. The minimum absolute atomic E-state index is 0. The summed E-state index contributed by atoms with van der Waals surface area (Å²) in [5.74, 6) is 0. The first kappa shape index (κ1) is 13.3. The number of ether oxygens (including phenoxy) is 3. The highest BCUT2D eigenvalue weighted by molar-refractivity contribution is 5.76. The Kier molecular flexibility index (Phi) is 8.65. The Hall–Kier alpha value is -1.30. The molecule has 0 rings (SSSR count). The molecule has 0 heterocycles. The molecule has 12 heavy (non-hydrogen) atoms. The van der Waals surface area contributed by atoms with E-state index in [1.54, 1.807) is 13.8 Å². The Morgan fingerprint density at radius 3 is 1.58 bits per heavy atom. The maximum absolute atomic E-state index is 10.4. The van der Waals surface area contributed by atoms with Crippen LogP contribution in [0.3, 0.4) is 0 Å². The van der Waals surface area contributed by atoms with Crippen LogP contribution in [0.2, 0.25) is 0 Å². The van der Waals surface area contributed by atoms with E-state index in [2.05, 4.69) is 14.2 Å². The van der Waals surface area contributed by atoms with E-state index in [-0.39, 0.29) is 18.7 Å². The predicted molar refractivity (Wildman–Crippen MR) is 38.7 cm³/mol. The molecule has 0 radical (unpaired) electrons. The molecule has 6 nitrogen and oxygen atoms in total. The Balaban J connectivity index is 0. The highest BCUT2D eigenvalue weighted by Gasteiger charge is 2.10. The fourth-order valence-electron chi connectivity index (χ4n) is 0.363. The molecule has 0 aromatic rings. The zero-order chi connectivity index (χ0) is 8.69. The average molecular weight is 180 g/mol. The molecule has 0 fully saturated rings. The van der Waals surface area contributed by atoms with Crippen LogP contribution in [0.15, 0.2) is 0 Å². The summed E-state index contributed by atoms with van der Waals surface area (Å²) < 4.78 is 12.6. The lowest BCUT2D eigenvalue weighted by Gasteiger charge is -2.01. The smallest absolute Gasteiger partial charge is 0.434 e. The first-order chi connectivity index (χ1) is 5.20. The van der Waals surface area contributed by atoms with E-state index in [4.69, 9.17) is 0 Å². The quantitative estimate of drug-likeness (QED) is 0.455. The fourth-order valence-corrected chi connectivity index (χ4v) is 0.363. The second-order valence-corrected chi connectivity index (χ2v) is 1.47. The van der Waals surface area contributed by atoms with Crippen LogP contribution in [0.1, 0.15) is 13.8 Å². The third-order valence-electron chi connectivity index (χ3n) is 0.691. The van der Waals surface area contributed by atoms with E-state index in [0.29, 0.717) is 0 Å². The lowest BCUT2D eigenvalue weighted by Crippen LogP contribution is -2.14. The number of carbonyl (C=O) groups is 2. The number of hydrogen-bond donors (Lipinski definition) is 0. The zero-order valence-corrected chi connectivity index (χ0v) is 6.96. The van der Waals surface area contributed by atoms with Crippen LogP contribution in [0.4, 0.5) is 9.59 Å². The molecule has 6 heteroatoms. The van der Waals surface area contributed by atoms with Gasteiger partial charge in [0.05, 0.1) is 13.2 Å². The molecule has 0 aliphatic heterocycles. The summed E-state index contributed by atoms with van der Waals surface area (Å²) in [6.45, 7) is 3.54. The third-order valence-corrected chi connectivity index (χ3v) is 0.691. The van der Waals surface area contributed by atoms with Crippen LogP contribution in [0.25, 0.3) is 0 Å². The molecule has 0 spiro atoms. The van der Waals surface area contributed by atoms with E-state index >= 15 is 0 Å². The topological polar surface area (TPSA) is 93.3 Å². The molecule has 0 unspecified atom stereocenters. The summed E-state index contributed by atoms with van der Waals surface area (Å²) in [4.78, 5) is 20.8. The molecule has 0 aromatic carbocycles. The van der Waals surface area contributed by atoms with Gasteiger partial charge in [-0.05, 0) is 13.8 Å². The summed E-state index contributed by atoms with van der Waals surface area (Å²) in [5, 5.41) is 0. The van der Waals surface area contributed by atoms with Gasteiger partial charge >= 0.3 is 12.3 Å². The van der Waals surface area contributed by atoms with Gasteiger partial charge in [0.1, 0.15) is 0 Å². The number of rotatable bonds is 2. The molecule has 0 bridgehead atoms. The van der Waals surface area contributed by atoms with Gasteiger partial charge in [-0.25, -0.2) is 9.59 Å². The van der Waals surface area contributed by atoms with Crippen molar-refractivity contribution in [1.82, 2.24) is 0 Å². The highest BCUT2D eigenvalue weighted by atomic mass is 16.8. The lowest BCUT2D eigenvalue weighted by molar-refractivity contribution is 0.0409. The SMILES string of the molecule is CCOC(=O)OC(=O)OCC.O. The van der Waals surface area contributed by atoms with Crippen molar-refractivity contribution in [2.75, 3.05) is 13.2 Å². The van der Waals surface area contributed by atoms with Crippen LogP contribution < -0.4 is 0 Å². The van der Waals surface area contributed by atoms with Crippen molar-refractivity contribution >= 4 is 12.3 Å². The van der Waals surface area contributed by atoms with Gasteiger partial charge in [-0.1, -0.05) is 0 Å². The highest BCUT2D eigenvalue weighted by Crippen LogP contribution is 1.89. The molecule has 0 aliphatic carbocycles. The van der Waals surface area contributed by atoms with E-state index in [1.807, 2.05) is 0 Å². The molecular formula is C6H12O6. The van der Waals surface area contributed by atoms with Crippen molar-refractivity contribution in [3.05, 3.63) is 0 Å². The van der Waals surface area contributed by atoms with Gasteiger partial charge in [-0.2, -0.15) is 0 Å². The lowest BCUT2D eigenvalue weighted by atomic mass is 10.9. The number of hydrogen-bond acceptors (Lipinski definition) is 5. The zero-order valence-electron chi connectivity index (χ0n) is 6.96. The van der Waals surface area contributed by atoms with Crippen molar-refractivity contribution in [2.24, 2.45) is 0 Å². The monoisotopic (exact) mass is 180 g/mol. The van der Waals surface area contributed by atoms with E-state index in [0.717, 1.165) is 0 Å². The number of carbonyl (C=O) groups excluding carboxylic acids is 2. The fraction of sp³-hybridized carbons (Fsp3) is 0.667. The van der Waals surface area contributed by atoms with Crippen LogP contribution >= 0.6 is 0 Å². The van der Waals surface area contributed by atoms with Crippen molar-refractivity contribution in [2.45, 2.75) is 13.8 Å². The standard InChI is InChI=1S/C6H10O5.H2O/c1-3-9-5(7)11-6(8)10-4-2;/h3-4H2,1-2H3;1H2. The van der Waals surface area contributed by atoms with Crippen LogP contribution in [0, 0.1) is 0 Å². The average Bonchev–Trinajstić information content (AvgIpc) is 1.87. The van der Waals surface area contributed by atoms with Gasteiger partial charge < -0.3 is 19.7 Å². The van der Waals surface area contributed by atoms with Crippen molar-refractivity contribution in [1.29, 1.82) is 0 Å². The summed E-state index contributed by atoms with van der Waals surface area (Å²) >= 11 is 0. The van der Waals surface area contributed by atoms with Crippen molar-refractivity contribution in [3.63, 3.8) is 0 Å². The van der Waals surface area contributed by atoms with E-state index < -0.39 is 12.3 Å². The molecular weight excluding hydrogens is 168 g/mol. The molecule has 0 aliphatic rings. The van der Waals surface area contributed by atoms with Gasteiger partial charge in [0, 0.05) is 0 Å². The van der Waals surface area contributed by atoms with Crippen molar-refractivity contribution in [3.8, 4) is 0 Å². The van der Waals surface area contributed by atoms with Gasteiger partial charge in [0.2, 0.25) is 0 Å². The van der Waals surface area contributed by atoms with Crippen LogP contribution in [-0.4, -0.2) is 31.0 Å². The van der Waals surface area contributed by atoms with Gasteiger partial charge in [-0.3, -0.25) is 0 Å². The minimum Gasteiger partial charge on any atom is -0.434 e. The minimum atomic E-state index is -1.04. The third kappa shape index (κ3) is 6.81. The molecule has 0 amide bonds. The summed E-state index contributed by atoms with van der Waals surface area (Å²) in [6.07, 6.45) is -2.07. The maximum Gasteiger partial charge on any atom is 0.518 e. The normalized spacial score (nSPS) is 7.83. The van der Waals surface area contributed by atoms with Crippen LogP contribution in [0.5, 0.6) is 0 Å². The Morgan fingerprint density at radius 1 is 1.00 bits per heavy atom. The second-order valence-electron chi connectivity index (χ2n) is 1.47. The molecule has 0 aromatic heterocycles. The Labute approximate surface area is 69.7 Å². The Morgan fingerprint density at radius 2 is 1.33 bits per heavy atom. The maximum atomic E-state index is 10.4. The molecule has 2 N–H and O–H groups in total. The predicted octanol–water partition coefficient (Wildman–Crippen LogP) is 0.491. The molecule has 0 saturated heterocycles. The Bertz CT molecular complexity index is 127. The summed E-state index contributed by atoms with van der Waals surface area (Å²) in [5.41, 5.74) is 0. The van der Waals surface area contributed by atoms with E-state index in [1.165, 1.54) is 0 Å². The van der Waals surface area contributed by atoms with Gasteiger partial charge in [-0.15, -0.1) is 0 Å². The molecule has 0 saturated carbocycles.